The number of ether oxygens (including phenoxy) is 1. The highest BCUT2D eigenvalue weighted by Gasteiger charge is 2.24. The van der Waals surface area contributed by atoms with Gasteiger partial charge >= 0.3 is 0 Å². The van der Waals surface area contributed by atoms with Crippen molar-refractivity contribution in [3.05, 3.63) is 18.0 Å². The Hall–Kier alpha value is -0.870. The Morgan fingerprint density at radius 3 is 2.40 bits per heavy atom. The standard InChI is InChI=1S/C16H31N3O/c1-7-14(8-2)19-10-9-13(18-19)11-15(17-5)16(20-6)12(3)4/h9-10,12,14-17H,7-8,11H2,1-6H3. The van der Waals surface area contributed by atoms with Crippen LogP contribution < -0.4 is 5.32 Å². The molecule has 0 aliphatic rings. The molecule has 0 aliphatic carbocycles. The van der Waals surface area contributed by atoms with E-state index in [4.69, 9.17) is 9.84 Å². The first-order valence-electron chi connectivity index (χ1n) is 7.81. The molecule has 4 nitrogen and oxygen atoms in total. The normalized spacial score (nSPS) is 15.0. The number of hydrogen-bond acceptors (Lipinski definition) is 3. The van der Waals surface area contributed by atoms with E-state index in [2.05, 4.69) is 50.0 Å². The van der Waals surface area contributed by atoms with Crippen LogP contribution >= 0.6 is 0 Å². The van der Waals surface area contributed by atoms with E-state index in [1.807, 2.05) is 7.05 Å². The largest absolute Gasteiger partial charge is 0.380 e. The van der Waals surface area contributed by atoms with E-state index in [1.165, 1.54) is 0 Å². The third kappa shape index (κ3) is 4.32. The highest BCUT2D eigenvalue weighted by Crippen LogP contribution is 2.17. The first-order chi connectivity index (χ1) is 9.57. The molecule has 0 saturated carbocycles. The molecule has 0 bridgehead atoms. The van der Waals surface area contributed by atoms with Gasteiger partial charge in [0.05, 0.1) is 17.8 Å². The molecule has 2 unspecified atom stereocenters. The summed E-state index contributed by atoms with van der Waals surface area (Å²) in [4.78, 5) is 0. The van der Waals surface area contributed by atoms with Crippen LogP contribution in [0.25, 0.3) is 0 Å². The van der Waals surface area contributed by atoms with Gasteiger partial charge in [-0.1, -0.05) is 27.7 Å². The summed E-state index contributed by atoms with van der Waals surface area (Å²) in [6, 6.07) is 2.94. The summed E-state index contributed by atoms with van der Waals surface area (Å²) in [5.74, 6) is 0.485. The summed E-state index contributed by atoms with van der Waals surface area (Å²) in [5, 5.41) is 8.11. The van der Waals surface area contributed by atoms with Crippen LogP contribution in [0.3, 0.4) is 0 Å². The van der Waals surface area contributed by atoms with Crippen molar-refractivity contribution in [1.29, 1.82) is 0 Å². The van der Waals surface area contributed by atoms with Gasteiger partial charge in [-0.05, 0) is 31.9 Å². The molecule has 0 aromatic carbocycles. The van der Waals surface area contributed by atoms with Gasteiger partial charge in [0.25, 0.3) is 0 Å². The second-order valence-electron chi connectivity index (χ2n) is 5.80. The maximum Gasteiger partial charge on any atom is 0.0750 e. The van der Waals surface area contributed by atoms with E-state index >= 15 is 0 Å². The van der Waals surface area contributed by atoms with Gasteiger partial charge in [-0.25, -0.2) is 0 Å². The molecule has 0 saturated heterocycles. The van der Waals surface area contributed by atoms with Crippen LogP contribution in [-0.4, -0.2) is 36.1 Å². The molecule has 0 amide bonds. The third-order valence-electron chi connectivity index (χ3n) is 4.11. The van der Waals surface area contributed by atoms with Gasteiger partial charge in [0.1, 0.15) is 0 Å². The minimum Gasteiger partial charge on any atom is -0.380 e. The van der Waals surface area contributed by atoms with Crippen molar-refractivity contribution >= 4 is 0 Å². The van der Waals surface area contributed by atoms with Crippen LogP contribution in [0, 0.1) is 5.92 Å². The Morgan fingerprint density at radius 1 is 1.30 bits per heavy atom. The molecule has 1 rings (SSSR count). The second kappa shape index (κ2) is 8.42. The number of likely N-dealkylation sites (N-methyl/N-ethyl adjacent to an activating group) is 1. The fourth-order valence-corrected chi connectivity index (χ4v) is 2.86. The summed E-state index contributed by atoms with van der Waals surface area (Å²) in [7, 11) is 3.79. The SMILES string of the molecule is CCC(CC)n1ccc(CC(NC)C(OC)C(C)C)n1. The maximum absolute atomic E-state index is 5.64. The second-order valence-corrected chi connectivity index (χ2v) is 5.80. The molecule has 1 aromatic rings. The predicted molar refractivity (Wildman–Crippen MR) is 84.0 cm³/mol. The van der Waals surface area contributed by atoms with Crippen LogP contribution in [-0.2, 0) is 11.2 Å². The Labute approximate surface area is 123 Å². The Bertz CT molecular complexity index is 372. The Kier molecular flexibility index (Phi) is 7.24. The van der Waals surface area contributed by atoms with Gasteiger partial charge in [-0.15, -0.1) is 0 Å². The van der Waals surface area contributed by atoms with E-state index in [9.17, 15) is 0 Å². The quantitative estimate of drug-likeness (QED) is 0.756. The minimum atomic E-state index is 0.207. The topological polar surface area (TPSA) is 39.1 Å². The fraction of sp³-hybridized carbons (Fsp3) is 0.812. The zero-order chi connectivity index (χ0) is 15.1. The average molecular weight is 281 g/mol. The summed E-state index contributed by atoms with van der Waals surface area (Å²) < 4.78 is 7.75. The molecule has 4 heteroatoms. The zero-order valence-corrected chi connectivity index (χ0v) is 13.9. The van der Waals surface area contributed by atoms with Crippen molar-refractivity contribution < 1.29 is 4.74 Å². The molecular weight excluding hydrogens is 250 g/mol. The lowest BCUT2D eigenvalue weighted by Gasteiger charge is -2.28. The van der Waals surface area contributed by atoms with Crippen LogP contribution in [0.15, 0.2) is 12.3 Å². The molecule has 0 aliphatic heterocycles. The lowest BCUT2D eigenvalue weighted by Crippen LogP contribution is -2.43. The number of nitrogens with zero attached hydrogens (tertiary/aromatic N) is 2. The molecule has 1 aromatic heterocycles. The van der Waals surface area contributed by atoms with Gasteiger partial charge in [0, 0.05) is 25.8 Å². The van der Waals surface area contributed by atoms with Crippen molar-refractivity contribution in [3.63, 3.8) is 0 Å². The monoisotopic (exact) mass is 281 g/mol. The van der Waals surface area contributed by atoms with Crippen LogP contribution in [0.5, 0.6) is 0 Å². The van der Waals surface area contributed by atoms with E-state index in [-0.39, 0.29) is 6.10 Å². The number of methoxy groups -OCH3 is 1. The minimum absolute atomic E-state index is 0.207. The molecule has 2 atom stereocenters. The van der Waals surface area contributed by atoms with E-state index in [1.54, 1.807) is 7.11 Å². The number of rotatable bonds is 9. The van der Waals surface area contributed by atoms with Gasteiger partial charge in [-0.3, -0.25) is 4.68 Å². The smallest absolute Gasteiger partial charge is 0.0750 e. The highest BCUT2D eigenvalue weighted by atomic mass is 16.5. The van der Waals surface area contributed by atoms with Crippen molar-refractivity contribution in [2.24, 2.45) is 5.92 Å². The molecule has 0 spiro atoms. The zero-order valence-electron chi connectivity index (χ0n) is 13.9. The lowest BCUT2D eigenvalue weighted by atomic mass is 9.96. The first kappa shape index (κ1) is 17.2. The number of hydrogen-bond donors (Lipinski definition) is 1. The Balaban J connectivity index is 2.75. The lowest BCUT2D eigenvalue weighted by molar-refractivity contribution is 0.0351. The summed E-state index contributed by atoms with van der Waals surface area (Å²) in [6.45, 7) is 8.82. The van der Waals surface area contributed by atoms with Gasteiger partial charge in [0.15, 0.2) is 0 Å². The molecular formula is C16H31N3O. The molecule has 1 N–H and O–H groups in total. The third-order valence-corrected chi connectivity index (χ3v) is 4.11. The molecule has 116 valence electrons. The van der Waals surface area contributed by atoms with Gasteiger partial charge in [-0.2, -0.15) is 5.10 Å². The van der Waals surface area contributed by atoms with Gasteiger partial charge < -0.3 is 10.1 Å². The molecule has 20 heavy (non-hydrogen) atoms. The summed E-state index contributed by atoms with van der Waals surface area (Å²) in [6.07, 6.45) is 5.47. The average Bonchev–Trinajstić information content (AvgIpc) is 2.88. The van der Waals surface area contributed by atoms with E-state index < -0.39 is 0 Å². The highest BCUT2D eigenvalue weighted by molar-refractivity contribution is 5.03. The predicted octanol–water partition coefficient (Wildman–Crippen LogP) is 3.05. The Morgan fingerprint density at radius 2 is 1.95 bits per heavy atom. The van der Waals surface area contributed by atoms with Gasteiger partial charge in [0.2, 0.25) is 0 Å². The fourth-order valence-electron chi connectivity index (χ4n) is 2.86. The van der Waals surface area contributed by atoms with Crippen molar-refractivity contribution in [2.75, 3.05) is 14.2 Å². The van der Waals surface area contributed by atoms with E-state index in [0.717, 1.165) is 25.0 Å². The summed E-state index contributed by atoms with van der Waals surface area (Å²) in [5.41, 5.74) is 1.14. The molecule has 0 radical (unpaired) electrons. The van der Waals surface area contributed by atoms with Crippen molar-refractivity contribution in [2.45, 2.75) is 65.1 Å². The van der Waals surface area contributed by atoms with Crippen LogP contribution in [0.2, 0.25) is 0 Å². The van der Waals surface area contributed by atoms with Crippen LogP contribution in [0.1, 0.15) is 52.3 Å². The summed E-state index contributed by atoms with van der Waals surface area (Å²) >= 11 is 0. The van der Waals surface area contributed by atoms with Crippen molar-refractivity contribution in [1.82, 2.24) is 15.1 Å². The van der Waals surface area contributed by atoms with E-state index in [0.29, 0.717) is 18.0 Å². The number of aromatic nitrogens is 2. The first-order valence-corrected chi connectivity index (χ1v) is 7.81. The van der Waals surface area contributed by atoms with Crippen molar-refractivity contribution in [3.8, 4) is 0 Å². The maximum atomic E-state index is 5.64. The molecule has 0 fully saturated rings. The molecule has 1 heterocycles. The van der Waals surface area contributed by atoms with Crippen LogP contribution in [0.4, 0.5) is 0 Å². The number of nitrogens with one attached hydrogen (secondary N) is 1.